The molecule has 9 nitrogen and oxygen atoms in total. The largest absolute Gasteiger partial charge is 0.481 e. The summed E-state index contributed by atoms with van der Waals surface area (Å²) in [7, 11) is -3.55. The number of sulfone groups is 1. The first-order valence-corrected chi connectivity index (χ1v) is 15.1. The van der Waals surface area contributed by atoms with Crippen LogP contribution in [-0.2, 0) is 27.5 Å². The lowest BCUT2D eigenvalue weighted by molar-refractivity contribution is -0.144. The molecule has 212 valence electrons. The maximum absolute atomic E-state index is 14.0. The highest BCUT2D eigenvalue weighted by molar-refractivity contribution is 7.90. The number of fused-ring (bicyclic) bond motifs is 2. The number of rotatable bonds is 7. The Labute approximate surface area is 245 Å². The molecule has 0 saturated heterocycles. The second-order valence-electron chi connectivity index (χ2n) is 9.91. The SMILES string of the molecule is CS(=O)(=O)c1cccc(C[C@H](C(=O)O)C2c3cc(Cl)c(C(N)=O)c(Cl)c3CCN2C(=O)c2ccc3ccoc3c2)c1. The van der Waals surface area contributed by atoms with Gasteiger partial charge in [-0.25, -0.2) is 8.42 Å². The van der Waals surface area contributed by atoms with Gasteiger partial charge in [0.1, 0.15) is 5.58 Å². The van der Waals surface area contributed by atoms with Crippen molar-refractivity contribution in [2.45, 2.75) is 23.8 Å². The minimum atomic E-state index is -3.55. The van der Waals surface area contributed by atoms with Crippen LogP contribution in [0.3, 0.4) is 0 Å². The summed E-state index contributed by atoms with van der Waals surface area (Å²) >= 11 is 13.0. The van der Waals surface area contributed by atoms with E-state index in [9.17, 15) is 27.9 Å². The summed E-state index contributed by atoms with van der Waals surface area (Å²) in [5.41, 5.74) is 7.49. The van der Waals surface area contributed by atoms with Crippen LogP contribution in [0.25, 0.3) is 11.0 Å². The predicted molar refractivity (Wildman–Crippen MR) is 153 cm³/mol. The molecule has 2 amide bonds. The lowest BCUT2D eigenvalue weighted by Crippen LogP contribution is -2.46. The number of hydrogen-bond acceptors (Lipinski definition) is 6. The van der Waals surface area contributed by atoms with Crippen LogP contribution in [0.4, 0.5) is 0 Å². The van der Waals surface area contributed by atoms with Crippen molar-refractivity contribution in [2.75, 3.05) is 12.8 Å². The van der Waals surface area contributed by atoms with Gasteiger partial charge in [-0.3, -0.25) is 14.4 Å². The van der Waals surface area contributed by atoms with Gasteiger partial charge in [0.05, 0.1) is 38.7 Å². The molecule has 1 unspecified atom stereocenters. The summed E-state index contributed by atoms with van der Waals surface area (Å²) in [6.45, 7) is 0.0827. The first kappa shape index (κ1) is 28.7. The Morgan fingerprint density at radius 1 is 1.12 bits per heavy atom. The van der Waals surface area contributed by atoms with E-state index in [1.807, 2.05) is 0 Å². The number of carboxylic acid groups (broad SMARTS) is 1. The first-order valence-electron chi connectivity index (χ1n) is 12.5. The molecule has 0 spiro atoms. The maximum Gasteiger partial charge on any atom is 0.309 e. The number of halogens is 2. The number of hydrogen-bond donors (Lipinski definition) is 2. The molecule has 4 aromatic rings. The van der Waals surface area contributed by atoms with Gasteiger partial charge in [-0.1, -0.05) is 41.4 Å². The highest BCUT2D eigenvalue weighted by Gasteiger charge is 2.42. The van der Waals surface area contributed by atoms with Gasteiger partial charge in [-0.2, -0.15) is 0 Å². The fourth-order valence-corrected chi connectivity index (χ4v) is 6.81. The molecule has 0 bridgehead atoms. The Kier molecular flexibility index (Phi) is 7.58. The van der Waals surface area contributed by atoms with Crippen molar-refractivity contribution in [1.29, 1.82) is 0 Å². The van der Waals surface area contributed by atoms with Crippen LogP contribution in [0, 0.1) is 5.92 Å². The van der Waals surface area contributed by atoms with Crippen molar-refractivity contribution >= 4 is 61.8 Å². The molecule has 41 heavy (non-hydrogen) atoms. The topological polar surface area (TPSA) is 148 Å². The minimum Gasteiger partial charge on any atom is -0.481 e. The van der Waals surface area contributed by atoms with E-state index >= 15 is 0 Å². The number of nitrogens with zero attached hydrogens (tertiary/aromatic N) is 1. The van der Waals surface area contributed by atoms with Gasteiger partial charge in [-0.05, 0) is 65.9 Å². The van der Waals surface area contributed by atoms with E-state index in [2.05, 4.69) is 0 Å². The zero-order valence-corrected chi connectivity index (χ0v) is 24.0. The molecule has 0 fully saturated rings. The normalized spacial score (nSPS) is 15.9. The molecule has 2 heterocycles. The summed E-state index contributed by atoms with van der Waals surface area (Å²) in [5, 5.41) is 11.2. The molecular weight excluding hydrogens is 591 g/mol. The predicted octanol–water partition coefficient (Wildman–Crippen LogP) is 4.93. The summed E-state index contributed by atoms with van der Waals surface area (Å²) in [4.78, 5) is 40.4. The number of aliphatic carboxylic acids is 1. The number of carbonyl (C=O) groups excluding carboxylic acids is 2. The molecule has 0 aliphatic carbocycles. The first-order chi connectivity index (χ1) is 19.4. The molecule has 0 radical (unpaired) electrons. The second-order valence-corrected chi connectivity index (χ2v) is 12.7. The third kappa shape index (κ3) is 5.42. The third-order valence-electron chi connectivity index (χ3n) is 7.30. The second kappa shape index (κ2) is 10.8. The lowest BCUT2D eigenvalue weighted by atomic mass is 9.80. The highest BCUT2D eigenvalue weighted by Crippen LogP contribution is 2.44. The number of carboxylic acids is 1. The van der Waals surface area contributed by atoms with Crippen molar-refractivity contribution in [1.82, 2.24) is 4.90 Å². The van der Waals surface area contributed by atoms with Gasteiger partial charge >= 0.3 is 5.97 Å². The van der Waals surface area contributed by atoms with Crippen LogP contribution >= 0.6 is 23.2 Å². The van der Waals surface area contributed by atoms with E-state index < -0.39 is 39.6 Å². The smallest absolute Gasteiger partial charge is 0.309 e. The van der Waals surface area contributed by atoms with Crippen LogP contribution in [0.1, 0.15) is 43.4 Å². The third-order valence-corrected chi connectivity index (χ3v) is 9.13. The van der Waals surface area contributed by atoms with E-state index in [0.29, 0.717) is 22.3 Å². The van der Waals surface area contributed by atoms with E-state index in [1.54, 1.807) is 30.3 Å². The van der Waals surface area contributed by atoms with E-state index in [-0.39, 0.29) is 45.5 Å². The van der Waals surface area contributed by atoms with Crippen LogP contribution < -0.4 is 5.73 Å². The summed E-state index contributed by atoms with van der Waals surface area (Å²) in [5.74, 6) is -3.75. The number of amides is 2. The number of furan rings is 1. The molecule has 2 atom stereocenters. The van der Waals surface area contributed by atoms with E-state index in [0.717, 1.165) is 11.6 Å². The zero-order valence-electron chi connectivity index (χ0n) is 21.6. The van der Waals surface area contributed by atoms with Crippen molar-refractivity contribution in [2.24, 2.45) is 11.7 Å². The molecule has 3 aromatic carbocycles. The van der Waals surface area contributed by atoms with Gasteiger partial charge in [0.2, 0.25) is 0 Å². The van der Waals surface area contributed by atoms with Crippen LogP contribution in [0.15, 0.2) is 70.2 Å². The average molecular weight is 615 g/mol. The van der Waals surface area contributed by atoms with Crippen molar-refractivity contribution in [3.63, 3.8) is 0 Å². The molecule has 3 N–H and O–H groups in total. The van der Waals surface area contributed by atoms with Gasteiger partial charge in [0, 0.05) is 23.8 Å². The number of benzene rings is 3. The Morgan fingerprint density at radius 3 is 2.56 bits per heavy atom. The Hall–Kier alpha value is -3.86. The van der Waals surface area contributed by atoms with Crippen LogP contribution in [0.2, 0.25) is 10.0 Å². The Balaban J connectivity index is 1.66. The number of carbonyl (C=O) groups is 3. The van der Waals surface area contributed by atoms with Crippen LogP contribution in [-0.4, -0.2) is 49.0 Å². The maximum atomic E-state index is 14.0. The summed E-state index contributed by atoms with van der Waals surface area (Å²) in [6, 6.07) is 13.1. The molecule has 5 rings (SSSR count). The van der Waals surface area contributed by atoms with E-state index in [4.69, 9.17) is 33.4 Å². The average Bonchev–Trinajstić information content (AvgIpc) is 3.38. The zero-order chi connectivity index (χ0) is 29.6. The molecular formula is C29H24Cl2N2O7S. The van der Waals surface area contributed by atoms with Crippen LogP contribution in [0.5, 0.6) is 0 Å². The minimum absolute atomic E-state index is 0.0114. The number of nitrogens with two attached hydrogens (primary N) is 1. The van der Waals surface area contributed by atoms with Crippen molar-refractivity contribution < 1.29 is 32.3 Å². The highest BCUT2D eigenvalue weighted by atomic mass is 35.5. The Morgan fingerprint density at radius 2 is 1.88 bits per heavy atom. The van der Waals surface area contributed by atoms with Crippen molar-refractivity contribution in [3.05, 3.63) is 98.7 Å². The lowest BCUT2D eigenvalue weighted by Gasteiger charge is -2.41. The fraction of sp³-hybridized carbons (Fsp3) is 0.207. The molecule has 0 saturated carbocycles. The molecule has 12 heteroatoms. The summed E-state index contributed by atoms with van der Waals surface area (Å²) in [6.07, 6.45) is 2.67. The van der Waals surface area contributed by atoms with E-state index in [1.165, 1.54) is 35.4 Å². The van der Waals surface area contributed by atoms with Crippen molar-refractivity contribution in [3.8, 4) is 0 Å². The van der Waals surface area contributed by atoms with Gasteiger partial charge in [-0.15, -0.1) is 0 Å². The van der Waals surface area contributed by atoms with Gasteiger partial charge < -0.3 is 20.2 Å². The van der Waals surface area contributed by atoms with Gasteiger partial charge in [0.25, 0.3) is 11.8 Å². The molecule has 1 aliphatic heterocycles. The monoisotopic (exact) mass is 614 g/mol. The fourth-order valence-electron chi connectivity index (χ4n) is 5.37. The molecule has 1 aromatic heterocycles. The Bertz CT molecular complexity index is 1830. The standard InChI is InChI=1S/C29H24Cl2N2O7S/c1-41(38,39)18-4-2-3-15(11-18)12-21(29(36)37)26-20-14-22(30)24(27(32)34)25(31)19(20)7-9-33(26)28(35)17-6-5-16-8-10-40-23(16)13-17/h2-6,8,10-11,13-14,21,26H,7,9,12H2,1H3,(H2,32,34)(H,36,37)/t21-,26?/m0/s1. The van der Waals surface area contributed by atoms with Gasteiger partial charge in [0.15, 0.2) is 9.84 Å². The summed E-state index contributed by atoms with van der Waals surface area (Å²) < 4.78 is 29.8. The molecule has 1 aliphatic rings. The number of primary amides is 1. The quantitative estimate of drug-likeness (QED) is 0.300.